The Balaban J connectivity index is 4.91. The molecule has 0 fully saturated rings. The van der Waals surface area contributed by atoms with E-state index in [4.69, 9.17) is 5.21 Å². The predicted octanol–water partition coefficient (Wildman–Crippen LogP) is -0.212. The Bertz CT molecular complexity index is 200. The van der Waals surface area contributed by atoms with Crippen molar-refractivity contribution in [3.8, 4) is 0 Å². The van der Waals surface area contributed by atoms with Gasteiger partial charge in [-0.2, -0.15) is 0 Å². The SMILES string of the molecule is CN(C)C(C)(O)C(C)(C)C(=O)NO. The molecule has 0 aromatic rings. The maximum atomic E-state index is 11.2. The summed E-state index contributed by atoms with van der Waals surface area (Å²) in [4.78, 5) is 12.8. The van der Waals surface area contributed by atoms with Crippen LogP contribution in [0, 0.1) is 5.41 Å². The Kier molecular flexibility index (Phi) is 3.43. The summed E-state index contributed by atoms with van der Waals surface area (Å²) in [7, 11) is 3.32. The standard InChI is InChI=1S/C8H18N2O3/c1-7(2,6(11)9-13)8(3,12)10(4)5/h12-13H,1-5H3,(H,9,11). The van der Waals surface area contributed by atoms with E-state index in [0.29, 0.717) is 0 Å². The molecule has 78 valence electrons. The van der Waals surface area contributed by atoms with Gasteiger partial charge in [-0.3, -0.25) is 14.9 Å². The van der Waals surface area contributed by atoms with Crippen molar-refractivity contribution in [2.75, 3.05) is 14.1 Å². The summed E-state index contributed by atoms with van der Waals surface area (Å²) in [5.74, 6) is -0.619. The lowest BCUT2D eigenvalue weighted by molar-refractivity contribution is -0.178. The first kappa shape index (κ1) is 12.3. The first-order chi connectivity index (χ1) is 5.67. The number of amides is 1. The number of carbonyl (C=O) groups excluding carboxylic acids is 1. The summed E-state index contributed by atoms with van der Waals surface area (Å²) in [6.45, 7) is 4.62. The average molecular weight is 190 g/mol. The van der Waals surface area contributed by atoms with Crippen molar-refractivity contribution in [1.82, 2.24) is 10.4 Å². The highest BCUT2D eigenvalue weighted by molar-refractivity contribution is 5.81. The first-order valence-electron chi connectivity index (χ1n) is 4.02. The maximum Gasteiger partial charge on any atom is 0.253 e. The number of hydroxylamine groups is 1. The summed E-state index contributed by atoms with van der Waals surface area (Å²) >= 11 is 0. The molecule has 1 amide bonds. The number of aliphatic hydroxyl groups is 1. The van der Waals surface area contributed by atoms with Crippen LogP contribution in [-0.4, -0.2) is 40.9 Å². The summed E-state index contributed by atoms with van der Waals surface area (Å²) in [6, 6.07) is 0. The van der Waals surface area contributed by atoms with Crippen LogP contribution in [0.4, 0.5) is 0 Å². The van der Waals surface area contributed by atoms with Gasteiger partial charge in [0, 0.05) is 0 Å². The lowest BCUT2D eigenvalue weighted by Crippen LogP contribution is -2.58. The highest BCUT2D eigenvalue weighted by atomic mass is 16.5. The molecule has 0 aliphatic heterocycles. The predicted molar refractivity (Wildman–Crippen MR) is 48.0 cm³/mol. The van der Waals surface area contributed by atoms with E-state index >= 15 is 0 Å². The Morgan fingerprint density at radius 2 is 1.69 bits per heavy atom. The van der Waals surface area contributed by atoms with Gasteiger partial charge in [-0.25, -0.2) is 5.48 Å². The molecule has 0 saturated heterocycles. The molecule has 0 bridgehead atoms. The molecule has 0 radical (unpaired) electrons. The van der Waals surface area contributed by atoms with Gasteiger partial charge in [0.15, 0.2) is 0 Å². The van der Waals surface area contributed by atoms with Gasteiger partial charge in [0.2, 0.25) is 0 Å². The highest BCUT2D eigenvalue weighted by Crippen LogP contribution is 2.32. The maximum absolute atomic E-state index is 11.2. The molecule has 1 atom stereocenters. The molecular formula is C8H18N2O3. The van der Waals surface area contributed by atoms with Crippen LogP contribution in [0.5, 0.6) is 0 Å². The van der Waals surface area contributed by atoms with E-state index in [9.17, 15) is 9.90 Å². The summed E-state index contributed by atoms with van der Waals surface area (Å²) in [5.41, 5.74) is -0.871. The average Bonchev–Trinajstić information content (AvgIpc) is 2.02. The number of nitrogens with one attached hydrogen (secondary N) is 1. The van der Waals surface area contributed by atoms with Crippen molar-refractivity contribution in [2.45, 2.75) is 26.5 Å². The van der Waals surface area contributed by atoms with Crippen molar-refractivity contribution < 1.29 is 15.1 Å². The third kappa shape index (κ3) is 1.99. The molecule has 0 rings (SSSR count). The molecule has 0 saturated carbocycles. The van der Waals surface area contributed by atoms with Crippen molar-refractivity contribution in [3.63, 3.8) is 0 Å². The zero-order chi connectivity index (χ0) is 10.9. The third-order valence-electron chi connectivity index (χ3n) is 2.72. The normalized spacial score (nSPS) is 16.9. The summed E-state index contributed by atoms with van der Waals surface area (Å²) in [6.07, 6.45) is 0. The monoisotopic (exact) mass is 190 g/mol. The van der Waals surface area contributed by atoms with E-state index in [0.717, 1.165) is 0 Å². The summed E-state index contributed by atoms with van der Waals surface area (Å²) < 4.78 is 0. The molecule has 0 aromatic heterocycles. The molecule has 3 N–H and O–H groups in total. The molecule has 0 heterocycles. The second kappa shape index (κ2) is 3.61. The number of hydrogen-bond acceptors (Lipinski definition) is 4. The largest absolute Gasteiger partial charge is 0.375 e. The van der Waals surface area contributed by atoms with Gasteiger partial charge in [0.25, 0.3) is 5.91 Å². The summed E-state index contributed by atoms with van der Waals surface area (Å²) in [5, 5.41) is 18.5. The van der Waals surface area contributed by atoms with E-state index in [1.54, 1.807) is 33.4 Å². The first-order valence-corrected chi connectivity index (χ1v) is 4.02. The van der Waals surface area contributed by atoms with Crippen LogP contribution in [0.15, 0.2) is 0 Å². The van der Waals surface area contributed by atoms with Gasteiger partial charge in [-0.05, 0) is 34.9 Å². The van der Waals surface area contributed by atoms with Crippen LogP contribution >= 0.6 is 0 Å². The van der Waals surface area contributed by atoms with Crippen molar-refractivity contribution in [3.05, 3.63) is 0 Å². The minimum Gasteiger partial charge on any atom is -0.375 e. The quantitative estimate of drug-likeness (QED) is 0.327. The number of rotatable bonds is 3. The fraction of sp³-hybridized carbons (Fsp3) is 0.875. The van der Waals surface area contributed by atoms with E-state index < -0.39 is 17.0 Å². The topological polar surface area (TPSA) is 72.8 Å². The molecule has 0 spiro atoms. The molecule has 5 heteroatoms. The van der Waals surface area contributed by atoms with Gasteiger partial charge >= 0.3 is 0 Å². The number of carbonyl (C=O) groups is 1. The molecule has 0 aromatic carbocycles. The third-order valence-corrected chi connectivity index (χ3v) is 2.72. The van der Waals surface area contributed by atoms with Gasteiger partial charge in [0.05, 0.1) is 5.41 Å². The Morgan fingerprint density at radius 1 is 1.31 bits per heavy atom. The van der Waals surface area contributed by atoms with Crippen molar-refractivity contribution >= 4 is 5.91 Å². The lowest BCUT2D eigenvalue weighted by atomic mass is 9.80. The smallest absolute Gasteiger partial charge is 0.253 e. The lowest BCUT2D eigenvalue weighted by Gasteiger charge is -2.42. The zero-order valence-electron chi connectivity index (χ0n) is 8.75. The van der Waals surface area contributed by atoms with Gasteiger partial charge < -0.3 is 5.11 Å². The van der Waals surface area contributed by atoms with Crippen molar-refractivity contribution in [2.24, 2.45) is 5.41 Å². The molecular weight excluding hydrogens is 172 g/mol. The number of nitrogens with zero attached hydrogens (tertiary/aromatic N) is 1. The molecule has 0 aliphatic carbocycles. The van der Waals surface area contributed by atoms with Crippen molar-refractivity contribution in [1.29, 1.82) is 0 Å². The Labute approximate surface area is 78.3 Å². The molecule has 1 unspecified atom stereocenters. The Morgan fingerprint density at radius 3 is 1.92 bits per heavy atom. The second-order valence-corrected chi connectivity index (χ2v) is 3.98. The fourth-order valence-corrected chi connectivity index (χ4v) is 0.914. The van der Waals surface area contributed by atoms with Gasteiger partial charge in [-0.15, -0.1) is 0 Å². The van der Waals surface area contributed by atoms with Gasteiger partial charge in [0.1, 0.15) is 5.72 Å². The van der Waals surface area contributed by atoms with E-state index in [-0.39, 0.29) is 0 Å². The number of hydrogen-bond donors (Lipinski definition) is 3. The second-order valence-electron chi connectivity index (χ2n) is 3.98. The van der Waals surface area contributed by atoms with Crippen LogP contribution in [0.2, 0.25) is 0 Å². The van der Waals surface area contributed by atoms with E-state index in [1.165, 1.54) is 11.8 Å². The van der Waals surface area contributed by atoms with Crippen LogP contribution < -0.4 is 5.48 Å². The van der Waals surface area contributed by atoms with E-state index in [1.807, 2.05) is 0 Å². The van der Waals surface area contributed by atoms with Crippen LogP contribution in [0.25, 0.3) is 0 Å². The minimum absolute atomic E-state index is 0.619. The highest BCUT2D eigenvalue weighted by Gasteiger charge is 2.47. The zero-order valence-corrected chi connectivity index (χ0v) is 8.75. The minimum atomic E-state index is -1.32. The Hall–Kier alpha value is -0.650. The van der Waals surface area contributed by atoms with Gasteiger partial charge in [-0.1, -0.05) is 0 Å². The molecule has 5 nitrogen and oxygen atoms in total. The van der Waals surface area contributed by atoms with Crippen LogP contribution in [0.3, 0.4) is 0 Å². The molecule has 13 heavy (non-hydrogen) atoms. The van der Waals surface area contributed by atoms with E-state index in [2.05, 4.69) is 0 Å². The van der Waals surface area contributed by atoms with Crippen LogP contribution in [-0.2, 0) is 4.79 Å². The molecule has 0 aliphatic rings. The van der Waals surface area contributed by atoms with Crippen LogP contribution in [0.1, 0.15) is 20.8 Å². The fourth-order valence-electron chi connectivity index (χ4n) is 0.914.